The monoisotopic (exact) mass is 311 g/mol. The van der Waals surface area contributed by atoms with E-state index in [4.69, 9.17) is 9.31 Å². The average Bonchev–Trinajstić information content (AvgIpc) is 3.02. The number of nitriles is 1. The van der Waals surface area contributed by atoms with Gasteiger partial charge in [-0.25, -0.2) is 0 Å². The predicted octanol–water partition coefficient (Wildman–Crippen LogP) is 3.63. The second-order valence-corrected chi connectivity index (χ2v) is 8.12. The van der Waals surface area contributed by atoms with Crippen LogP contribution in [0.3, 0.4) is 0 Å². The maximum absolute atomic E-state index is 9.77. The van der Waals surface area contributed by atoms with Gasteiger partial charge >= 0.3 is 7.12 Å². The van der Waals surface area contributed by atoms with E-state index in [9.17, 15) is 5.26 Å². The summed E-state index contributed by atoms with van der Waals surface area (Å²) >= 11 is 0. The Morgan fingerprint density at radius 3 is 2.09 bits per heavy atom. The third-order valence-corrected chi connectivity index (χ3v) is 5.85. The molecule has 4 heteroatoms. The molecule has 0 bridgehead atoms. The van der Waals surface area contributed by atoms with Gasteiger partial charge in [-0.3, -0.25) is 0 Å². The van der Waals surface area contributed by atoms with Crippen LogP contribution in [0.15, 0.2) is 18.2 Å². The molecular formula is C19H26BNO2. The van der Waals surface area contributed by atoms with Gasteiger partial charge in [0.05, 0.1) is 22.7 Å². The van der Waals surface area contributed by atoms with Crippen LogP contribution in [0.25, 0.3) is 0 Å². The van der Waals surface area contributed by atoms with Crippen LogP contribution in [0.5, 0.6) is 0 Å². The van der Waals surface area contributed by atoms with Gasteiger partial charge in [-0.1, -0.05) is 36.6 Å². The fourth-order valence-corrected chi connectivity index (χ4v) is 3.65. The minimum Gasteiger partial charge on any atom is -0.399 e. The minimum absolute atomic E-state index is 0.329. The van der Waals surface area contributed by atoms with E-state index in [1.165, 1.54) is 0 Å². The minimum atomic E-state index is -0.365. The van der Waals surface area contributed by atoms with Gasteiger partial charge in [0.15, 0.2) is 0 Å². The molecule has 0 amide bonds. The Labute approximate surface area is 140 Å². The van der Waals surface area contributed by atoms with Crippen molar-refractivity contribution >= 4 is 12.6 Å². The van der Waals surface area contributed by atoms with E-state index in [-0.39, 0.29) is 23.7 Å². The number of rotatable bonds is 2. The lowest BCUT2D eigenvalue weighted by atomic mass is 9.72. The molecule has 3 nitrogen and oxygen atoms in total. The van der Waals surface area contributed by atoms with Gasteiger partial charge in [-0.05, 0) is 58.5 Å². The summed E-state index contributed by atoms with van der Waals surface area (Å²) in [5, 5.41) is 9.77. The van der Waals surface area contributed by atoms with Crippen molar-refractivity contribution < 1.29 is 9.31 Å². The maximum atomic E-state index is 9.77. The largest absolute Gasteiger partial charge is 0.494 e. The lowest BCUT2D eigenvalue weighted by molar-refractivity contribution is 0.00578. The Hall–Kier alpha value is -1.31. The summed E-state index contributed by atoms with van der Waals surface area (Å²) in [6, 6.07) is 8.99. The van der Waals surface area contributed by atoms with Crippen molar-refractivity contribution in [2.75, 3.05) is 0 Å². The first-order valence-corrected chi connectivity index (χ1v) is 8.58. The van der Waals surface area contributed by atoms with Crippen LogP contribution in [0.4, 0.5) is 0 Å². The van der Waals surface area contributed by atoms with E-state index < -0.39 is 0 Å². The van der Waals surface area contributed by atoms with Crippen molar-refractivity contribution in [3.05, 3.63) is 29.3 Å². The summed E-state index contributed by atoms with van der Waals surface area (Å²) in [7, 11) is -0.365. The summed E-state index contributed by atoms with van der Waals surface area (Å²) in [5.41, 5.74) is 2.30. The second kappa shape index (κ2) is 5.36. The highest BCUT2D eigenvalue weighted by atomic mass is 16.7. The topological polar surface area (TPSA) is 42.2 Å². The van der Waals surface area contributed by atoms with Crippen molar-refractivity contribution in [1.82, 2.24) is 0 Å². The Balaban J connectivity index is 1.98. The molecular weight excluding hydrogens is 285 g/mol. The maximum Gasteiger partial charge on any atom is 0.494 e. The van der Waals surface area contributed by atoms with E-state index in [2.05, 4.69) is 58.9 Å². The number of hydrogen-bond acceptors (Lipinski definition) is 3. The van der Waals surface area contributed by atoms with Crippen molar-refractivity contribution in [1.29, 1.82) is 5.26 Å². The van der Waals surface area contributed by atoms with E-state index in [0.29, 0.717) is 0 Å². The van der Waals surface area contributed by atoms with Crippen molar-refractivity contribution in [3.8, 4) is 6.07 Å². The first-order chi connectivity index (χ1) is 10.7. The van der Waals surface area contributed by atoms with E-state index >= 15 is 0 Å². The highest BCUT2D eigenvalue weighted by Gasteiger charge is 2.52. The normalized spacial score (nSPS) is 24.6. The Bertz CT molecular complexity index is 638. The molecule has 23 heavy (non-hydrogen) atoms. The molecule has 0 radical (unpaired) electrons. The first kappa shape index (κ1) is 16.5. The van der Waals surface area contributed by atoms with Crippen molar-refractivity contribution in [2.45, 2.75) is 76.9 Å². The van der Waals surface area contributed by atoms with Crippen molar-refractivity contribution in [3.63, 3.8) is 0 Å². The van der Waals surface area contributed by atoms with E-state index in [1.54, 1.807) is 0 Å². The second-order valence-electron chi connectivity index (χ2n) is 8.12. The molecule has 122 valence electrons. The molecule has 1 saturated carbocycles. The van der Waals surface area contributed by atoms with Crippen LogP contribution in [-0.4, -0.2) is 18.3 Å². The molecule has 1 heterocycles. The summed E-state index contributed by atoms with van der Waals surface area (Å²) in [4.78, 5) is 0. The molecule has 2 aliphatic rings. The fourth-order valence-electron chi connectivity index (χ4n) is 3.65. The quantitative estimate of drug-likeness (QED) is 0.783. The van der Waals surface area contributed by atoms with E-state index in [1.807, 2.05) is 0 Å². The fraction of sp³-hybridized carbons (Fsp3) is 0.632. The SMILES string of the molecule is Cc1cc(B2OC(C)(C)C(C)(C)O2)cc(C2(C#N)CCCC2)c1. The van der Waals surface area contributed by atoms with Crippen LogP contribution >= 0.6 is 0 Å². The highest BCUT2D eigenvalue weighted by molar-refractivity contribution is 6.62. The summed E-state index contributed by atoms with van der Waals surface area (Å²) < 4.78 is 12.4. The molecule has 1 aromatic carbocycles. The number of nitrogens with zero attached hydrogens (tertiary/aromatic N) is 1. The van der Waals surface area contributed by atoms with Gasteiger partial charge < -0.3 is 9.31 Å². The van der Waals surface area contributed by atoms with Crippen LogP contribution in [0, 0.1) is 18.3 Å². The molecule has 1 saturated heterocycles. The molecule has 3 rings (SSSR count). The molecule has 1 aliphatic carbocycles. The van der Waals surface area contributed by atoms with Crippen LogP contribution in [0.1, 0.15) is 64.5 Å². The zero-order valence-corrected chi connectivity index (χ0v) is 14.9. The summed E-state index contributed by atoms with van der Waals surface area (Å²) in [6.07, 6.45) is 4.17. The lowest BCUT2D eigenvalue weighted by Gasteiger charge is -2.32. The molecule has 0 unspecified atom stereocenters. The lowest BCUT2D eigenvalue weighted by Crippen LogP contribution is -2.41. The van der Waals surface area contributed by atoms with E-state index in [0.717, 1.165) is 42.3 Å². The van der Waals surface area contributed by atoms with Gasteiger partial charge in [0.25, 0.3) is 0 Å². The predicted molar refractivity (Wildman–Crippen MR) is 92.7 cm³/mol. The zero-order chi connectivity index (χ0) is 16.9. The van der Waals surface area contributed by atoms with Gasteiger partial charge in [-0.2, -0.15) is 5.26 Å². The Morgan fingerprint density at radius 2 is 1.57 bits per heavy atom. The standard InChI is InChI=1S/C19H26BNO2/c1-14-10-15(19(13-21)8-6-7-9-19)12-16(11-14)20-22-17(2,3)18(4,5)23-20/h10-12H,6-9H2,1-5H3. The van der Waals surface area contributed by atoms with Gasteiger partial charge in [-0.15, -0.1) is 0 Å². The molecule has 0 atom stereocenters. The third kappa shape index (κ3) is 2.71. The highest BCUT2D eigenvalue weighted by Crippen LogP contribution is 2.41. The molecule has 1 aromatic rings. The van der Waals surface area contributed by atoms with Crippen LogP contribution < -0.4 is 5.46 Å². The molecule has 0 N–H and O–H groups in total. The number of benzene rings is 1. The van der Waals surface area contributed by atoms with Crippen LogP contribution in [-0.2, 0) is 14.7 Å². The molecule has 0 aromatic heterocycles. The Morgan fingerprint density at radius 1 is 1.00 bits per heavy atom. The average molecular weight is 311 g/mol. The van der Waals surface area contributed by atoms with Crippen molar-refractivity contribution in [2.24, 2.45) is 0 Å². The summed E-state index contributed by atoms with van der Waals surface area (Å²) in [5.74, 6) is 0. The summed E-state index contributed by atoms with van der Waals surface area (Å²) in [6.45, 7) is 10.3. The molecule has 0 spiro atoms. The Kier molecular flexibility index (Phi) is 3.86. The number of aryl methyl sites for hydroxylation is 1. The molecule has 2 fully saturated rings. The smallest absolute Gasteiger partial charge is 0.399 e. The molecule has 1 aliphatic heterocycles. The van der Waals surface area contributed by atoms with Gasteiger partial charge in [0, 0.05) is 0 Å². The first-order valence-electron chi connectivity index (χ1n) is 8.58. The zero-order valence-electron chi connectivity index (χ0n) is 14.9. The van der Waals surface area contributed by atoms with Gasteiger partial charge in [0.1, 0.15) is 0 Å². The third-order valence-electron chi connectivity index (χ3n) is 5.85. The van der Waals surface area contributed by atoms with Gasteiger partial charge in [0.2, 0.25) is 0 Å². The van der Waals surface area contributed by atoms with Crippen LogP contribution in [0.2, 0.25) is 0 Å². The number of hydrogen-bond donors (Lipinski definition) is 0.